The van der Waals surface area contributed by atoms with Crippen LogP contribution < -0.4 is 18.9 Å². The Bertz CT molecular complexity index is 2740. The van der Waals surface area contributed by atoms with Crippen LogP contribution in [-0.4, -0.2) is 49.4 Å². The lowest BCUT2D eigenvalue weighted by Crippen LogP contribution is -2.53. The number of carbonyl (C=O) groups is 3. The zero-order chi connectivity index (χ0) is 42.7. The van der Waals surface area contributed by atoms with E-state index in [1.165, 1.54) is 48.5 Å². The van der Waals surface area contributed by atoms with Crippen molar-refractivity contribution >= 4 is 17.9 Å². The Balaban J connectivity index is 0.978. The number of terminal acetylenes is 2. The van der Waals surface area contributed by atoms with Crippen molar-refractivity contribution in [3.8, 4) is 119 Å². The van der Waals surface area contributed by atoms with Crippen molar-refractivity contribution in [3.05, 3.63) is 119 Å². The zero-order valence-corrected chi connectivity index (χ0v) is 31.8. The number of hydrogen-bond donors (Lipinski definition) is 0. The van der Waals surface area contributed by atoms with Crippen molar-refractivity contribution in [2.75, 3.05) is 13.2 Å². The Morgan fingerprint density at radius 1 is 0.525 bits per heavy atom. The van der Waals surface area contributed by atoms with E-state index in [9.17, 15) is 14.4 Å². The molecule has 2 saturated heterocycles. The van der Waals surface area contributed by atoms with Crippen LogP contribution in [0.4, 0.5) is 0 Å². The van der Waals surface area contributed by atoms with Crippen LogP contribution in [-0.2, 0) is 18.9 Å². The standard InChI is InChI=1S/C50H28O11/c1-3-5-7-9-11-13-32-54-40-23-15-36(16-24-40)47(51)58-42-27-19-38(20-28-42)49(53)60-44-31-34-56-45-35-57-50(61-46(44)45)39-21-29-43(30-22-39)59-48(52)37-17-25-41(26-18-37)55-33-14-12-10-8-6-4-2/h1-2,15-30,44-46,50H,31,34-35H2/t44-,45+,46-,50+/m1/s1. The molecule has 11 nitrogen and oxygen atoms in total. The fourth-order valence-corrected chi connectivity index (χ4v) is 5.50. The van der Waals surface area contributed by atoms with E-state index in [1.54, 1.807) is 48.5 Å². The lowest BCUT2D eigenvalue weighted by atomic mass is 10.0. The third-order valence-corrected chi connectivity index (χ3v) is 8.35. The van der Waals surface area contributed by atoms with E-state index in [4.69, 9.17) is 50.7 Å². The van der Waals surface area contributed by atoms with E-state index >= 15 is 0 Å². The summed E-state index contributed by atoms with van der Waals surface area (Å²) in [6.07, 6.45) is 12.7. The summed E-state index contributed by atoms with van der Waals surface area (Å²) in [6.45, 7) is 0.538. The Hall–Kier alpha value is -8.75. The van der Waals surface area contributed by atoms with Crippen molar-refractivity contribution in [1.29, 1.82) is 0 Å². The topological polar surface area (TPSA) is 125 Å². The zero-order valence-electron chi connectivity index (χ0n) is 31.8. The average Bonchev–Trinajstić information content (AvgIpc) is 3.29. The minimum absolute atomic E-state index is 0.198. The molecule has 0 aliphatic carbocycles. The molecule has 294 valence electrons. The Morgan fingerprint density at radius 2 is 0.967 bits per heavy atom. The van der Waals surface area contributed by atoms with Crippen LogP contribution in [0.15, 0.2) is 97.1 Å². The van der Waals surface area contributed by atoms with Gasteiger partial charge in [-0.2, -0.15) is 0 Å². The number of hydrogen-bond acceptors (Lipinski definition) is 11. The first-order chi connectivity index (χ1) is 29.9. The molecule has 11 heteroatoms. The number of rotatable bonds is 9. The fourth-order valence-electron chi connectivity index (χ4n) is 5.50. The van der Waals surface area contributed by atoms with Crippen molar-refractivity contribution in [2.45, 2.75) is 31.0 Å². The smallest absolute Gasteiger partial charge is 0.343 e. The summed E-state index contributed by atoms with van der Waals surface area (Å²) in [7, 11) is 0. The van der Waals surface area contributed by atoms with Gasteiger partial charge in [0.2, 0.25) is 0 Å². The predicted octanol–water partition coefficient (Wildman–Crippen LogP) is 5.51. The molecule has 4 atom stereocenters. The predicted molar refractivity (Wildman–Crippen MR) is 218 cm³/mol. The molecule has 0 radical (unpaired) electrons. The van der Waals surface area contributed by atoms with E-state index in [0.717, 1.165) is 0 Å². The second-order valence-electron chi connectivity index (χ2n) is 12.3. The fraction of sp³-hybridized carbons (Fsp3) is 0.140. The molecule has 0 aromatic heterocycles. The van der Waals surface area contributed by atoms with Gasteiger partial charge in [-0.1, -0.05) is 12.1 Å². The summed E-state index contributed by atoms with van der Waals surface area (Å²) in [5.41, 5.74) is 1.45. The van der Waals surface area contributed by atoms with Crippen molar-refractivity contribution in [3.63, 3.8) is 0 Å². The van der Waals surface area contributed by atoms with Gasteiger partial charge in [0.25, 0.3) is 0 Å². The molecule has 4 aromatic carbocycles. The second-order valence-corrected chi connectivity index (χ2v) is 12.3. The molecule has 0 N–H and O–H groups in total. The summed E-state index contributed by atoms with van der Waals surface area (Å²) in [4.78, 5) is 38.8. The lowest BCUT2D eigenvalue weighted by Gasteiger charge is -2.42. The molecule has 2 heterocycles. The van der Waals surface area contributed by atoms with E-state index < -0.39 is 42.5 Å². The Morgan fingerprint density at radius 3 is 1.48 bits per heavy atom. The van der Waals surface area contributed by atoms with Gasteiger partial charge >= 0.3 is 17.9 Å². The minimum Gasteiger partial charge on any atom is -0.456 e. The van der Waals surface area contributed by atoms with Gasteiger partial charge < -0.3 is 37.9 Å². The molecule has 0 saturated carbocycles. The monoisotopic (exact) mass is 804 g/mol. The highest BCUT2D eigenvalue weighted by molar-refractivity contribution is 5.92. The maximum atomic E-state index is 13.2. The van der Waals surface area contributed by atoms with Gasteiger partial charge in [0, 0.05) is 47.5 Å². The normalized spacial score (nSPS) is 16.5. The number of benzene rings is 4. The first-order valence-corrected chi connectivity index (χ1v) is 18.1. The van der Waals surface area contributed by atoms with Crippen LogP contribution in [0.1, 0.15) is 49.3 Å². The van der Waals surface area contributed by atoms with Crippen molar-refractivity contribution in [2.24, 2.45) is 0 Å². The van der Waals surface area contributed by atoms with Crippen LogP contribution in [0.25, 0.3) is 0 Å². The van der Waals surface area contributed by atoms with Gasteiger partial charge in [0.15, 0.2) is 6.29 Å². The summed E-state index contributed by atoms with van der Waals surface area (Å²) >= 11 is 0. The van der Waals surface area contributed by atoms with Crippen LogP contribution in [0.5, 0.6) is 23.0 Å². The maximum absolute atomic E-state index is 13.2. The number of fused-ring (bicyclic) bond motifs is 1. The van der Waals surface area contributed by atoms with Gasteiger partial charge in [0.1, 0.15) is 53.5 Å². The SMILES string of the molecule is C#CC#CC#CC#COc1ccc(C(=O)Oc2ccc(C(=O)O[C@@H]3CCO[C@H]4CO[C@H](c5ccc(OC(=O)c6ccc(OC#CC#CC#CC#C)cc6)cc5)O[C@@H]43)cc2)cc1. The third kappa shape index (κ3) is 12.4. The largest absolute Gasteiger partial charge is 0.456 e. The van der Waals surface area contributed by atoms with Crippen molar-refractivity contribution in [1.82, 2.24) is 0 Å². The summed E-state index contributed by atoms with van der Waals surface area (Å²) in [5.74, 6) is 28.1. The molecule has 4 aromatic rings. The Labute approximate surface area is 351 Å². The molecule has 0 bridgehead atoms. The molecule has 2 aliphatic rings. The first-order valence-electron chi connectivity index (χ1n) is 18.1. The summed E-state index contributed by atoms with van der Waals surface area (Å²) < 4.78 is 45.5. The second kappa shape index (κ2) is 21.7. The van der Waals surface area contributed by atoms with Gasteiger partial charge in [0.05, 0.1) is 29.9 Å². The Kier molecular flexibility index (Phi) is 14.9. The molecule has 2 aliphatic heterocycles. The highest BCUT2D eigenvalue weighted by Gasteiger charge is 2.43. The van der Waals surface area contributed by atoms with Crippen LogP contribution in [0.3, 0.4) is 0 Å². The molecule has 2 fully saturated rings. The minimum atomic E-state index is -0.803. The maximum Gasteiger partial charge on any atom is 0.343 e. The first kappa shape index (κ1) is 41.9. The molecule has 0 unspecified atom stereocenters. The highest BCUT2D eigenvalue weighted by Crippen LogP contribution is 2.34. The van der Waals surface area contributed by atoms with Gasteiger partial charge in [-0.15, -0.1) is 12.8 Å². The van der Waals surface area contributed by atoms with Crippen molar-refractivity contribution < 1.29 is 52.3 Å². The number of carbonyl (C=O) groups excluding carboxylic acids is 3. The molecule has 6 rings (SSSR count). The van der Waals surface area contributed by atoms with Gasteiger partial charge in [-0.25, -0.2) is 14.4 Å². The highest BCUT2D eigenvalue weighted by atomic mass is 16.7. The quantitative estimate of drug-likeness (QED) is 0.121. The average molecular weight is 805 g/mol. The van der Waals surface area contributed by atoms with Crippen LogP contribution in [0, 0.1) is 96.1 Å². The summed E-state index contributed by atoms with van der Waals surface area (Å²) in [5, 5.41) is 0. The molecule has 0 amide bonds. The van der Waals surface area contributed by atoms with E-state index in [0.29, 0.717) is 41.4 Å². The van der Waals surface area contributed by atoms with Crippen LogP contribution >= 0.6 is 0 Å². The third-order valence-electron chi connectivity index (χ3n) is 8.35. The van der Waals surface area contributed by atoms with E-state index in [-0.39, 0.29) is 23.5 Å². The molecule has 61 heavy (non-hydrogen) atoms. The van der Waals surface area contributed by atoms with Crippen LogP contribution in [0.2, 0.25) is 0 Å². The van der Waals surface area contributed by atoms with E-state index in [2.05, 4.69) is 83.3 Å². The molecular weight excluding hydrogens is 777 g/mol. The molecular formula is C50H28O11. The summed E-state index contributed by atoms with van der Waals surface area (Å²) in [6, 6.07) is 25.0. The van der Waals surface area contributed by atoms with Gasteiger partial charge in [-0.05, 0) is 120 Å². The van der Waals surface area contributed by atoms with E-state index in [1.807, 2.05) is 0 Å². The lowest BCUT2D eigenvalue weighted by molar-refractivity contribution is -0.298. The number of ether oxygens (including phenoxy) is 8. The number of esters is 3. The van der Waals surface area contributed by atoms with Gasteiger partial charge in [-0.3, -0.25) is 0 Å². The molecule has 0 spiro atoms.